The van der Waals surface area contributed by atoms with Gasteiger partial charge in [0.1, 0.15) is 11.6 Å². The number of aryl methyl sites for hydroxylation is 2. The van der Waals surface area contributed by atoms with E-state index in [1.807, 2.05) is 19.2 Å². The summed E-state index contributed by atoms with van der Waals surface area (Å²) in [5, 5.41) is 8.43. The lowest BCUT2D eigenvalue weighted by Gasteiger charge is -2.09. The van der Waals surface area contributed by atoms with Crippen LogP contribution in [0.2, 0.25) is 0 Å². The van der Waals surface area contributed by atoms with Gasteiger partial charge in [-0.1, -0.05) is 0 Å². The largest absolute Gasteiger partial charge is 0.369 e. The fraction of sp³-hybridized carbons (Fsp3) is 0.222. The highest BCUT2D eigenvalue weighted by molar-refractivity contribution is 5.88. The summed E-state index contributed by atoms with van der Waals surface area (Å²) in [6.45, 7) is 2.36. The maximum absolute atomic E-state index is 11.6. The van der Waals surface area contributed by atoms with E-state index in [2.05, 4.69) is 35.3 Å². The second kappa shape index (κ2) is 6.94. The summed E-state index contributed by atoms with van der Waals surface area (Å²) in [4.78, 5) is 32.0. The molecule has 136 valence electrons. The number of H-pyrrole nitrogens is 1. The van der Waals surface area contributed by atoms with Crippen LogP contribution in [0.25, 0.3) is 22.4 Å². The van der Waals surface area contributed by atoms with E-state index in [0.717, 1.165) is 16.6 Å². The molecule has 9 nitrogen and oxygen atoms in total. The molecule has 0 atom stereocenters. The van der Waals surface area contributed by atoms with Crippen molar-refractivity contribution < 1.29 is 0 Å². The van der Waals surface area contributed by atoms with Gasteiger partial charge in [0, 0.05) is 49.7 Å². The maximum Gasteiger partial charge on any atom is 0.251 e. The predicted octanol–water partition coefficient (Wildman–Crippen LogP) is 1.47. The lowest BCUT2D eigenvalue weighted by atomic mass is 10.2. The summed E-state index contributed by atoms with van der Waals surface area (Å²) in [6, 6.07) is 5.20. The molecule has 0 aliphatic rings. The lowest BCUT2D eigenvalue weighted by Crippen LogP contribution is -2.15. The van der Waals surface area contributed by atoms with Crippen LogP contribution in [0.5, 0.6) is 0 Å². The van der Waals surface area contributed by atoms with Crippen molar-refractivity contribution in [3.8, 4) is 11.4 Å². The zero-order chi connectivity index (χ0) is 18.8. The first-order valence-corrected chi connectivity index (χ1v) is 8.51. The summed E-state index contributed by atoms with van der Waals surface area (Å²) < 4.78 is 1.71. The molecule has 0 bridgehead atoms. The molecule has 4 heterocycles. The van der Waals surface area contributed by atoms with Crippen molar-refractivity contribution in [3.05, 3.63) is 58.7 Å². The van der Waals surface area contributed by atoms with Gasteiger partial charge in [0.2, 0.25) is 0 Å². The Labute approximate surface area is 154 Å². The summed E-state index contributed by atoms with van der Waals surface area (Å²) in [7, 11) is 1.84. The van der Waals surface area contributed by atoms with Gasteiger partial charge in [-0.3, -0.25) is 14.5 Å². The summed E-state index contributed by atoms with van der Waals surface area (Å²) >= 11 is 0. The number of nitrogens with one attached hydrogen (secondary N) is 2. The molecule has 4 aromatic rings. The molecular formula is C18H18N8O. The molecule has 0 aliphatic heterocycles. The Hall–Kier alpha value is -3.62. The van der Waals surface area contributed by atoms with Crippen molar-refractivity contribution in [2.45, 2.75) is 13.3 Å². The third-order valence-electron chi connectivity index (χ3n) is 4.10. The van der Waals surface area contributed by atoms with Crippen LogP contribution in [0.4, 0.5) is 5.82 Å². The van der Waals surface area contributed by atoms with E-state index >= 15 is 0 Å². The maximum atomic E-state index is 11.6. The van der Waals surface area contributed by atoms with Gasteiger partial charge in [-0.2, -0.15) is 5.10 Å². The fourth-order valence-corrected chi connectivity index (χ4v) is 2.85. The zero-order valence-electron chi connectivity index (χ0n) is 15.0. The quantitative estimate of drug-likeness (QED) is 0.552. The number of aromatic amines is 1. The van der Waals surface area contributed by atoms with Crippen LogP contribution < -0.4 is 10.9 Å². The van der Waals surface area contributed by atoms with Crippen molar-refractivity contribution in [2.75, 3.05) is 11.9 Å². The summed E-state index contributed by atoms with van der Waals surface area (Å²) in [5.74, 6) is 1.92. The molecule has 0 radical (unpaired) electrons. The SMILES string of the molecule is Cc1cc(=O)[nH]c(CCNc2nc(-c3ccncc3)nc3c2cnn3C)n1. The second-order valence-electron chi connectivity index (χ2n) is 6.15. The Morgan fingerprint density at radius 2 is 2.00 bits per heavy atom. The predicted molar refractivity (Wildman–Crippen MR) is 101 cm³/mol. The average Bonchev–Trinajstić information content (AvgIpc) is 3.03. The number of anilines is 1. The third kappa shape index (κ3) is 3.52. The monoisotopic (exact) mass is 362 g/mol. The number of nitrogens with zero attached hydrogens (tertiary/aromatic N) is 6. The number of hydrogen-bond donors (Lipinski definition) is 2. The lowest BCUT2D eigenvalue weighted by molar-refractivity contribution is 0.786. The van der Waals surface area contributed by atoms with Crippen molar-refractivity contribution in [1.82, 2.24) is 34.7 Å². The van der Waals surface area contributed by atoms with Crippen LogP contribution in [0.1, 0.15) is 11.5 Å². The van der Waals surface area contributed by atoms with E-state index in [1.54, 1.807) is 30.2 Å². The molecule has 9 heteroatoms. The van der Waals surface area contributed by atoms with Crippen molar-refractivity contribution in [3.63, 3.8) is 0 Å². The normalized spacial score (nSPS) is 11.0. The topological polar surface area (TPSA) is 114 Å². The van der Waals surface area contributed by atoms with Crippen molar-refractivity contribution in [1.29, 1.82) is 0 Å². The van der Waals surface area contributed by atoms with E-state index in [0.29, 0.717) is 36.1 Å². The minimum Gasteiger partial charge on any atom is -0.369 e. The minimum absolute atomic E-state index is 0.144. The Morgan fingerprint density at radius 3 is 2.78 bits per heavy atom. The average molecular weight is 362 g/mol. The molecule has 4 rings (SSSR count). The molecule has 0 fully saturated rings. The molecule has 0 amide bonds. The van der Waals surface area contributed by atoms with Crippen LogP contribution >= 0.6 is 0 Å². The Morgan fingerprint density at radius 1 is 1.19 bits per heavy atom. The fourth-order valence-electron chi connectivity index (χ4n) is 2.85. The molecule has 4 aromatic heterocycles. The standard InChI is InChI=1S/C18H18N8O/c1-11-9-15(27)23-14(22-11)5-8-20-17-13-10-21-26(2)18(13)25-16(24-17)12-3-6-19-7-4-12/h3-4,6-7,9-10H,5,8H2,1-2H3,(H,20,24,25)(H,22,23,27). The van der Waals surface area contributed by atoms with E-state index in [9.17, 15) is 4.79 Å². The Kier molecular flexibility index (Phi) is 4.33. The van der Waals surface area contributed by atoms with Gasteiger partial charge in [-0.25, -0.2) is 15.0 Å². The van der Waals surface area contributed by atoms with Crippen LogP contribution in [0, 0.1) is 6.92 Å². The highest BCUT2D eigenvalue weighted by Gasteiger charge is 2.12. The molecule has 0 aliphatic carbocycles. The zero-order valence-corrected chi connectivity index (χ0v) is 15.0. The van der Waals surface area contributed by atoms with Crippen LogP contribution in [0.15, 0.2) is 41.6 Å². The molecule has 0 aromatic carbocycles. The van der Waals surface area contributed by atoms with Crippen LogP contribution in [-0.2, 0) is 13.5 Å². The highest BCUT2D eigenvalue weighted by Crippen LogP contribution is 2.24. The number of pyridine rings is 1. The first kappa shape index (κ1) is 16.8. The molecule has 0 saturated heterocycles. The van der Waals surface area contributed by atoms with Gasteiger partial charge in [0.05, 0.1) is 11.6 Å². The molecule has 2 N–H and O–H groups in total. The summed E-state index contributed by atoms with van der Waals surface area (Å²) in [6.07, 6.45) is 5.71. The smallest absolute Gasteiger partial charge is 0.251 e. The molecule has 0 unspecified atom stereocenters. The molecule has 0 saturated carbocycles. The van der Waals surface area contributed by atoms with Crippen LogP contribution in [-0.4, -0.2) is 41.2 Å². The molecule has 0 spiro atoms. The number of fused-ring (bicyclic) bond motifs is 1. The number of aromatic nitrogens is 7. The van der Waals surface area contributed by atoms with E-state index in [1.165, 1.54) is 6.07 Å². The van der Waals surface area contributed by atoms with E-state index in [-0.39, 0.29) is 5.56 Å². The van der Waals surface area contributed by atoms with Crippen molar-refractivity contribution in [2.24, 2.45) is 7.05 Å². The first-order valence-electron chi connectivity index (χ1n) is 8.51. The van der Waals surface area contributed by atoms with Gasteiger partial charge in [0.25, 0.3) is 5.56 Å². The van der Waals surface area contributed by atoms with Gasteiger partial charge in [0.15, 0.2) is 11.5 Å². The Bertz CT molecular complexity index is 1150. The van der Waals surface area contributed by atoms with Gasteiger partial charge >= 0.3 is 0 Å². The number of hydrogen-bond acceptors (Lipinski definition) is 7. The van der Waals surface area contributed by atoms with Gasteiger partial charge in [-0.05, 0) is 19.1 Å². The third-order valence-corrected chi connectivity index (χ3v) is 4.10. The van der Waals surface area contributed by atoms with Crippen molar-refractivity contribution >= 4 is 16.9 Å². The van der Waals surface area contributed by atoms with Gasteiger partial charge < -0.3 is 10.3 Å². The highest BCUT2D eigenvalue weighted by atomic mass is 16.1. The molecule has 27 heavy (non-hydrogen) atoms. The second-order valence-corrected chi connectivity index (χ2v) is 6.15. The van der Waals surface area contributed by atoms with E-state index < -0.39 is 0 Å². The number of rotatable bonds is 5. The molecular weight excluding hydrogens is 344 g/mol. The minimum atomic E-state index is -0.144. The van der Waals surface area contributed by atoms with Crippen LogP contribution in [0.3, 0.4) is 0 Å². The van der Waals surface area contributed by atoms with Gasteiger partial charge in [-0.15, -0.1) is 0 Å². The Balaban J connectivity index is 1.63. The first-order chi connectivity index (χ1) is 13.1. The summed E-state index contributed by atoms with van der Waals surface area (Å²) in [5.41, 5.74) is 2.17. The van der Waals surface area contributed by atoms with E-state index in [4.69, 9.17) is 0 Å².